The number of ether oxygens (including phenoxy) is 2. The maximum Gasteiger partial charge on any atom is 0.433 e. The number of anilines is 1. The van der Waals surface area contributed by atoms with E-state index in [1.54, 1.807) is 24.3 Å². The summed E-state index contributed by atoms with van der Waals surface area (Å²) in [7, 11) is 2.81. The first-order valence-electron chi connectivity index (χ1n) is 10.8. The number of rotatable bonds is 6. The van der Waals surface area contributed by atoms with E-state index >= 15 is 0 Å². The summed E-state index contributed by atoms with van der Waals surface area (Å²) in [5.74, 6) is -0.205. The Morgan fingerprint density at radius 1 is 1.03 bits per heavy atom. The van der Waals surface area contributed by atoms with Crippen LogP contribution >= 0.6 is 0 Å². The fourth-order valence-corrected chi connectivity index (χ4v) is 4.09. The molecule has 11 heteroatoms. The summed E-state index contributed by atoms with van der Waals surface area (Å²) in [4.78, 5) is 24.6. The molecule has 1 amide bonds. The van der Waals surface area contributed by atoms with E-state index < -0.39 is 17.8 Å². The van der Waals surface area contributed by atoms with Crippen LogP contribution in [0.1, 0.15) is 41.9 Å². The lowest BCUT2D eigenvalue weighted by Crippen LogP contribution is -2.42. The molecule has 0 bridgehead atoms. The maximum absolute atomic E-state index is 13.4. The van der Waals surface area contributed by atoms with Crippen LogP contribution in [0.25, 0.3) is 10.9 Å². The summed E-state index contributed by atoms with van der Waals surface area (Å²) in [6.45, 7) is 0. The number of halogens is 3. The molecule has 1 saturated carbocycles. The van der Waals surface area contributed by atoms with Gasteiger partial charge in [-0.15, -0.1) is 0 Å². The van der Waals surface area contributed by atoms with Crippen LogP contribution in [0, 0.1) is 0 Å². The molecular formula is C23H24F3N5O3. The number of carbonyl (C=O) groups excluding carboxylic acids is 1. The monoisotopic (exact) mass is 475 g/mol. The smallest absolute Gasteiger partial charge is 0.433 e. The highest BCUT2D eigenvalue weighted by molar-refractivity contribution is 5.93. The van der Waals surface area contributed by atoms with E-state index in [0.717, 1.165) is 25.3 Å². The molecule has 180 valence electrons. The van der Waals surface area contributed by atoms with Crippen molar-refractivity contribution < 1.29 is 27.4 Å². The number of nitrogens with one attached hydrogen (secondary N) is 2. The van der Waals surface area contributed by atoms with Crippen LogP contribution in [0.4, 0.5) is 18.9 Å². The molecule has 1 aliphatic carbocycles. The summed E-state index contributed by atoms with van der Waals surface area (Å²) >= 11 is 0. The van der Waals surface area contributed by atoms with Crippen molar-refractivity contribution in [2.45, 2.75) is 43.9 Å². The molecule has 2 atom stereocenters. The lowest BCUT2D eigenvalue weighted by Gasteiger charge is -2.31. The highest BCUT2D eigenvalue weighted by atomic mass is 19.4. The molecule has 1 aliphatic rings. The molecule has 1 fully saturated rings. The van der Waals surface area contributed by atoms with Gasteiger partial charge < -0.3 is 20.1 Å². The Labute approximate surface area is 193 Å². The van der Waals surface area contributed by atoms with Crippen molar-refractivity contribution in [3.8, 4) is 11.9 Å². The van der Waals surface area contributed by atoms with Crippen LogP contribution in [0.2, 0.25) is 0 Å². The fraction of sp³-hybridized carbons (Fsp3) is 0.391. The van der Waals surface area contributed by atoms with Gasteiger partial charge in [0.15, 0.2) is 0 Å². The van der Waals surface area contributed by atoms with Crippen molar-refractivity contribution >= 4 is 22.5 Å². The van der Waals surface area contributed by atoms with Crippen LogP contribution in [0.15, 0.2) is 36.4 Å². The number of benzene rings is 1. The molecule has 0 unspecified atom stereocenters. The Kier molecular flexibility index (Phi) is 6.71. The SMILES string of the molecule is COc1cc(C(=O)N[C@@H]2CCC[C@H](Nc3cc(C(F)(F)F)nc4ccccc34)C2)nc(OC)n1. The van der Waals surface area contributed by atoms with E-state index in [9.17, 15) is 18.0 Å². The second-order valence-corrected chi connectivity index (χ2v) is 8.03. The normalized spacial score (nSPS) is 18.4. The number of aromatic nitrogens is 3. The molecule has 8 nitrogen and oxygen atoms in total. The van der Waals surface area contributed by atoms with Gasteiger partial charge in [0, 0.05) is 29.2 Å². The fourth-order valence-electron chi connectivity index (χ4n) is 4.09. The Hall–Kier alpha value is -3.63. The van der Waals surface area contributed by atoms with E-state index in [2.05, 4.69) is 25.6 Å². The number of hydrogen-bond acceptors (Lipinski definition) is 7. The molecule has 2 N–H and O–H groups in total. The molecule has 0 radical (unpaired) electrons. The number of amides is 1. The number of alkyl halides is 3. The number of para-hydroxylation sites is 1. The number of carbonyl (C=O) groups is 1. The molecule has 4 rings (SSSR count). The molecule has 2 heterocycles. The van der Waals surface area contributed by atoms with Crippen LogP contribution < -0.4 is 20.1 Å². The molecule has 34 heavy (non-hydrogen) atoms. The zero-order valence-corrected chi connectivity index (χ0v) is 18.6. The van der Waals surface area contributed by atoms with Gasteiger partial charge in [0.1, 0.15) is 11.4 Å². The highest BCUT2D eigenvalue weighted by Gasteiger charge is 2.34. The van der Waals surface area contributed by atoms with Gasteiger partial charge in [0.2, 0.25) is 5.88 Å². The van der Waals surface area contributed by atoms with Crippen LogP contribution in [0.3, 0.4) is 0 Å². The van der Waals surface area contributed by atoms with Crippen molar-refractivity contribution in [3.63, 3.8) is 0 Å². The molecule has 2 aromatic heterocycles. The predicted molar refractivity (Wildman–Crippen MR) is 119 cm³/mol. The third kappa shape index (κ3) is 5.29. The molecular weight excluding hydrogens is 451 g/mol. The summed E-state index contributed by atoms with van der Waals surface area (Å²) in [6, 6.07) is 8.88. The van der Waals surface area contributed by atoms with Gasteiger partial charge in [-0.05, 0) is 37.8 Å². The zero-order chi connectivity index (χ0) is 24.3. The minimum absolute atomic E-state index is 0.0118. The van der Waals surface area contributed by atoms with Gasteiger partial charge in [-0.1, -0.05) is 18.2 Å². The summed E-state index contributed by atoms with van der Waals surface area (Å²) in [6.07, 6.45) is -1.70. The van der Waals surface area contributed by atoms with Crippen molar-refractivity contribution in [2.24, 2.45) is 0 Å². The minimum Gasteiger partial charge on any atom is -0.481 e. The van der Waals surface area contributed by atoms with Crippen LogP contribution in [-0.4, -0.2) is 47.2 Å². The quantitative estimate of drug-likeness (QED) is 0.551. The van der Waals surface area contributed by atoms with Crippen molar-refractivity contribution in [2.75, 3.05) is 19.5 Å². The number of pyridine rings is 1. The van der Waals surface area contributed by atoms with Gasteiger partial charge in [-0.3, -0.25) is 4.79 Å². The number of hydrogen-bond donors (Lipinski definition) is 2. The standard InChI is InChI=1S/C23H24F3N5O3/c1-33-20-12-18(30-22(31-20)34-2)21(32)28-14-7-5-6-13(10-14)27-17-11-19(23(24,25)26)29-16-9-4-3-8-15(16)17/h3-4,8-9,11-14H,5-7,10H2,1-2H3,(H,27,29)(H,28,32)/t13-,14+/m0/s1. The van der Waals surface area contributed by atoms with Crippen LogP contribution in [-0.2, 0) is 6.18 Å². The second kappa shape index (κ2) is 9.70. The third-order valence-corrected chi connectivity index (χ3v) is 5.68. The lowest BCUT2D eigenvalue weighted by molar-refractivity contribution is -0.140. The Morgan fingerprint density at radius 3 is 2.53 bits per heavy atom. The predicted octanol–water partition coefficient (Wildman–Crippen LogP) is 4.21. The molecule has 0 spiro atoms. The summed E-state index contributed by atoms with van der Waals surface area (Å²) < 4.78 is 50.2. The molecule has 1 aromatic carbocycles. The van der Waals surface area contributed by atoms with Gasteiger partial charge in [0.25, 0.3) is 5.91 Å². The van der Waals surface area contributed by atoms with E-state index in [-0.39, 0.29) is 35.2 Å². The van der Waals surface area contributed by atoms with Gasteiger partial charge >= 0.3 is 12.2 Å². The van der Waals surface area contributed by atoms with Crippen molar-refractivity contribution in [1.29, 1.82) is 0 Å². The first-order chi connectivity index (χ1) is 16.3. The van der Waals surface area contributed by atoms with E-state index in [4.69, 9.17) is 9.47 Å². The van der Waals surface area contributed by atoms with E-state index in [1.165, 1.54) is 20.3 Å². The molecule has 3 aromatic rings. The number of methoxy groups -OCH3 is 2. The topological polar surface area (TPSA) is 98.3 Å². The minimum atomic E-state index is -4.55. The summed E-state index contributed by atoms with van der Waals surface area (Å²) in [5.41, 5.74) is -0.193. The summed E-state index contributed by atoms with van der Waals surface area (Å²) in [5, 5.41) is 6.83. The van der Waals surface area contributed by atoms with Crippen molar-refractivity contribution in [1.82, 2.24) is 20.3 Å². The first kappa shape index (κ1) is 23.5. The maximum atomic E-state index is 13.4. The van der Waals surface area contributed by atoms with Gasteiger partial charge in [-0.2, -0.15) is 23.1 Å². The van der Waals surface area contributed by atoms with Gasteiger partial charge in [-0.25, -0.2) is 4.98 Å². The second-order valence-electron chi connectivity index (χ2n) is 8.03. The average molecular weight is 475 g/mol. The first-order valence-corrected chi connectivity index (χ1v) is 10.8. The van der Waals surface area contributed by atoms with E-state index in [1.807, 2.05) is 0 Å². The Balaban J connectivity index is 1.50. The third-order valence-electron chi connectivity index (χ3n) is 5.68. The average Bonchev–Trinajstić information content (AvgIpc) is 2.83. The van der Waals surface area contributed by atoms with Gasteiger partial charge in [0.05, 0.1) is 19.7 Å². The number of fused-ring (bicyclic) bond motifs is 1. The van der Waals surface area contributed by atoms with Crippen LogP contribution in [0.5, 0.6) is 11.9 Å². The molecule has 0 saturated heterocycles. The largest absolute Gasteiger partial charge is 0.481 e. The molecule has 0 aliphatic heterocycles. The lowest BCUT2D eigenvalue weighted by atomic mass is 9.90. The van der Waals surface area contributed by atoms with E-state index in [0.29, 0.717) is 17.5 Å². The highest BCUT2D eigenvalue weighted by Crippen LogP contribution is 2.34. The zero-order valence-electron chi connectivity index (χ0n) is 18.6. The Bertz CT molecular complexity index is 1170. The van der Waals surface area contributed by atoms with Crippen molar-refractivity contribution in [3.05, 3.63) is 47.8 Å². The Morgan fingerprint density at radius 2 is 1.79 bits per heavy atom. The number of nitrogens with zero attached hydrogens (tertiary/aromatic N) is 3.